The zero-order chi connectivity index (χ0) is 10.1. The molecule has 1 fully saturated rings. The van der Waals surface area contributed by atoms with Crippen molar-refractivity contribution in [2.45, 2.75) is 24.5 Å². The van der Waals surface area contributed by atoms with Gasteiger partial charge in [-0.3, -0.25) is 4.79 Å². The standard InChI is InChI=1S/C7H12N2O4/c8-7(1-2-7)6(13)9-3-4(10)5(11)12/h4,10H,1-3,8H2,(H,9,13)(H,11,12)/t4-/m0/s1. The maximum atomic E-state index is 11.1. The first-order valence-electron chi connectivity index (χ1n) is 3.94. The molecule has 5 N–H and O–H groups in total. The summed E-state index contributed by atoms with van der Waals surface area (Å²) in [5.41, 5.74) is 4.69. The van der Waals surface area contributed by atoms with Crippen molar-refractivity contribution in [2.24, 2.45) is 5.73 Å². The van der Waals surface area contributed by atoms with E-state index >= 15 is 0 Å². The summed E-state index contributed by atoms with van der Waals surface area (Å²) in [6.45, 7) is -0.298. The zero-order valence-electron chi connectivity index (χ0n) is 6.99. The number of carboxylic acid groups (broad SMARTS) is 1. The number of amides is 1. The summed E-state index contributed by atoms with van der Waals surface area (Å²) in [6.07, 6.45) is -0.337. The van der Waals surface area contributed by atoms with Gasteiger partial charge in [0.2, 0.25) is 5.91 Å². The molecule has 74 valence electrons. The van der Waals surface area contributed by atoms with E-state index in [0.717, 1.165) is 0 Å². The number of aliphatic hydroxyl groups excluding tert-OH is 1. The molecule has 1 amide bonds. The van der Waals surface area contributed by atoms with Gasteiger partial charge in [-0.2, -0.15) is 0 Å². The first-order chi connectivity index (χ1) is 5.96. The SMILES string of the molecule is NC1(C(=O)NC[C@H](O)C(=O)O)CC1. The fourth-order valence-corrected chi connectivity index (χ4v) is 0.814. The Morgan fingerprint density at radius 1 is 1.54 bits per heavy atom. The second kappa shape index (κ2) is 3.31. The smallest absolute Gasteiger partial charge is 0.334 e. The van der Waals surface area contributed by atoms with Crippen LogP contribution in [0.25, 0.3) is 0 Å². The highest BCUT2D eigenvalue weighted by atomic mass is 16.4. The average molecular weight is 188 g/mol. The molecule has 13 heavy (non-hydrogen) atoms. The van der Waals surface area contributed by atoms with Crippen molar-refractivity contribution in [1.82, 2.24) is 5.32 Å². The second-order valence-corrected chi connectivity index (χ2v) is 3.22. The lowest BCUT2D eigenvalue weighted by Crippen LogP contribution is -2.46. The van der Waals surface area contributed by atoms with Crippen molar-refractivity contribution in [3.8, 4) is 0 Å². The Kier molecular flexibility index (Phi) is 2.53. The number of aliphatic carboxylic acids is 1. The van der Waals surface area contributed by atoms with E-state index in [2.05, 4.69) is 5.32 Å². The first kappa shape index (κ1) is 9.94. The molecule has 1 atom stereocenters. The Bertz CT molecular complexity index is 237. The molecule has 0 aliphatic heterocycles. The lowest BCUT2D eigenvalue weighted by atomic mass is 10.2. The highest BCUT2D eigenvalue weighted by molar-refractivity contribution is 5.89. The molecule has 0 heterocycles. The van der Waals surface area contributed by atoms with E-state index in [-0.39, 0.29) is 6.54 Å². The molecule has 0 aromatic carbocycles. The van der Waals surface area contributed by atoms with E-state index in [1.165, 1.54) is 0 Å². The van der Waals surface area contributed by atoms with Crippen LogP contribution in [-0.4, -0.2) is 40.3 Å². The van der Waals surface area contributed by atoms with Crippen molar-refractivity contribution < 1.29 is 19.8 Å². The maximum Gasteiger partial charge on any atom is 0.334 e. The van der Waals surface area contributed by atoms with Crippen LogP contribution < -0.4 is 11.1 Å². The van der Waals surface area contributed by atoms with E-state index in [9.17, 15) is 9.59 Å². The predicted molar refractivity (Wildman–Crippen MR) is 42.8 cm³/mol. The van der Waals surface area contributed by atoms with Crippen LogP contribution in [0.15, 0.2) is 0 Å². The highest BCUT2D eigenvalue weighted by Gasteiger charge is 2.45. The molecule has 0 aromatic heterocycles. The Morgan fingerprint density at radius 2 is 2.08 bits per heavy atom. The number of nitrogens with one attached hydrogen (secondary N) is 1. The van der Waals surface area contributed by atoms with Crippen molar-refractivity contribution in [3.05, 3.63) is 0 Å². The number of carboxylic acids is 1. The third-order valence-corrected chi connectivity index (χ3v) is 1.98. The predicted octanol–water partition coefficient (Wildman–Crippen LogP) is -1.96. The average Bonchev–Trinajstić information content (AvgIpc) is 2.79. The highest BCUT2D eigenvalue weighted by Crippen LogP contribution is 2.31. The monoisotopic (exact) mass is 188 g/mol. The van der Waals surface area contributed by atoms with Gasteiger partial charge in [0.25, 0.3) is 0 Å². The minimum atomic E-state index is -1.56. The van der Waals surface area contributed by atoms with Gasteiger partial charge in [0.1, 0.15) is 0 Å². The molecular weight excluding hydrogens is 176 g/mol. The fourth-order valence-electron chi connectivity index (χ4n) is 0.814. The van der Waals surface area contributed by atoms with Crippen LogP contribution in [0.2, 0.25) is 0 Å². The van der Waals surface area contributed by atoms with Gasteiger partial charge in [-0.25, -0.2) is 4.79 Å². The Balaban J connectivity index is 2.26. The van der Waals surface area contributed by atoms with E-state index < -0.39 is 23.5 Å². The van der Waals surface area contributed by atoms with Crippen LogP contribution in [0.1, 0.15) is 12.8 Å². The summed E-state index contributed by atoms with van der Waals surface area (Å²) in [6, 6.07) is 0. The number of carbonyl (C=O) groups excluding carboxylic acids is 1. The summed E-state index contributed by atoms with van der Waals surface area (Å²) in [5, 5.41) is 19.4. The Labute approximate surface area is 74.7 Å². The van der Waals surface area contributed by atoms with E-state index in [1.807, 2.05) is 0 Å². The lowest BCUT2D eigenvalue weighted by Gasteiger charge is -2.11. The number of hydrogen-bond acceptors (Lipinski definition) is 4. The summed E-state index contributed by atoms with van der Waals surface area (Å²) in [7, 11) is 0. The number of carbonyl (C=O) groups is 2. The van der Waals surface area contributed by atoms with Crippen LogP contribution in [0.4, 0.5) is 0 Å². The molecule has 0 aromatic rings. The second-order valence-electron chi connectivity index (χ2n) is 3.22. The molecule has 0 unspecified atom stereocenters. The normalized spacial score (nSPS) is 20.5. The van der Waals surface area contributed by atoms with Crippen LogP contribution in [0.5, 0.6) is 0 Å². The lowest BCUT2D eigenvalue weighted by molar-refractivity contribution is -0.146. The molecule has 1 saturated carbocycles. The quantitative estimate of drug-likeness (QED) is 0.409. The number of aliphatic hydroxyl groups is 1. The maximum absolute atomic E-state index is 11.1. The molecule has 0 bridgehead atoms. The van der Waals surface area contributed by atoms with E-state index in [0.29, 0.717) is 12.8 Å². The molecule has 6 nitrogen and oxygen atoms in total. The molecule has 0 radical (unpaired) electrons. The summed E-state index contributed by atoms with van der Waals surface area (Å²) in [5.74, 6) is -1.75. The molecular formula is C7H12N2O4. The first-order valence-corrected chi connectivity index (χ1v) is 3.94. The molecule has 6 heteroatoms. The van der Waals surface area contributed by atoms with Gasteiger partial charge in [-0.05, 0) is 12.8 Å². The van der Waals surface area contributed by atoms with Gasteiger partial charge in [-0.1, -0.05) is 0 Å². The molecule has 1 aliphatic rings. The van der Waals surface area contributed by atoms with E-state index in [1.54, 1.807) is 0 Å². The van der Waals surface area contributed by atoms with Gasteiger partial charge in [0, 0.05) is 0 Å². The van der Waals surface area contributed by atoms with Crippen LogP contribution in [-0.2, 0) is 9.59 Å². The van der Waals surface area contributed by atoms with Crippen molar-refractivity contribution in [1.29, 1.82) is 0 Å². The minimum absolute atomic E-state index is 0.298. The third-order valence-electron chi connectivity index (χ3n) is 1.98. The van der Waals surface area contributed by atoms with Gasteiger partial charge in [0.15, 0.2) is 6.10 Å². The fraction of sp³-hybridized carbons (Fsp3) is 0.714. The summed E-state index contributed by atoms with van der Waals surface area (Å²) >= 11 is 0. The summed E-state index contributed by atoms with van der Waals surface area (Å²) < 4.78 is 0. The Hall–Kier alpha value is -1.14. The topological polar surface area (TPSA) is 113 Å². The third kappa shape index (κ3) is 2.40. The molecule has 1 aliphatic carbocycles. The van der Waals surface area contributed by atoms with Gasteiger partial charge in [0.05, 0.1) is 12.1 Å². The number of hydrogen-bond donors (Lipinski definition) is 4. The largest absolute Gasteiger partial charge is 0.479 e. The number of nitrogens with two attached hydrogens (primary N) is 1. The van der Waals surface area contributed by atoms with Crippen molar-refractivity contribution in [3.63, 3.8) is 0 Å². The number of rotatable bonds is 4. The molecule has 0 spiro atoms. The van der Waals surface area contributed by atoms with Crippen molar-refractivity contribution >= 4 is 11.9 Å². The van der Waals surface area contributed by atoms with Gasteiger partial charge in [-0.15, -0.1) is 0 Å². The van der Waals surface area contributed by atoms with E-state index in [4.69, 9.17) is 15.9 Å². The van der Waals surface area contributed by atoms with Crippen LogP contribution in [0, 0.1) is 0 Å². The minimum Gasteiger partial charge on any atom is -0.479 e. The molecule has 0 saturated heterocycles. The summed E-state index contributed by atoms with van der Waals surface area (Å²) in [4.78, 5) is 21.3. The van der Waals surface area contributed by atoms with Crippen molar-refractivity contribution in [2.75, 3.05) is 6.54 Å². The Morgan fingerprint density at radius 3 is 2.46 bits per heavy atom. The van der Waals surface area contributed by atoms with Gasteiger partial charge >= 0.3 is 5.97 Å². The van der Waals surface area contributed by atoms with Crippen LogP contribution >= 0.6 is 0 Å². The molecule has 1 rings (SSSR count). The zero-order valence-corrected chi connectivity index (χ0v) is 6.99. The van der Waals surface area contributed by atoms with Crippen LogP contribution in [0.3, 0.4) is 0 Å². The van der Waals surface area contributed by atoms with Gasteiger partial charge < -0.3 is 21.3 Å².